The zero-order valence-corrected chi connectivity index (χ0v) is 19.1. The number of para-hydroxylation sites is 1. The van der Waals surface area contributed by atoms with Gasteiger partial charge in [0.05, 0.1) is 23.5 Å². The van der Waals surface area contributed by atoms with Gasteiger partial charge in [-0.05, 0) is 36.8 Å². The van der Waals surface area contributed by atoms with E-state index in [1.165, 1.54) is 0 Å². The second-order valence-corrected chi connectivity index (χ2v) is 8.21. The largest absolute Gasteiger partial charge is 0.289 e. The van der Waals surface area contributed by atoms with Gasteiger partial charge in [-0.3, -0.25) is 10.1 Å². The molecule has 0 saturated carbocycles. The van der Waals surface area contributed by atoms with Crippen LogP contribution in [0.1, 0.15) is 21.6 Å². The van der Waals surface area contributed by atoms with Gasteiger partial charge in [-0.1, -0.05) is 72.3 Å². The van der Waals surface area contributed by atoms with Crippen LogP contribution in [0.25, 0.3) is 16.9 Å². The molecule has 0 bridgehead atoms. The predicted molar refractivity (Wildman–Crippen MR) is 132 cm³/mol. The average molecular weight is 469 g/mol. The Morgan fingerprint density at radius 1 is 0.941 bits per heavy atom. The van der Waals surface area contributed by atoms with E-state index in [9.17, 15) is 4.79 Å². The minimum Gasteiger partial charge on any atom is -0.289 e. The van der Waals surface area contributed by atoms with Gasteiger partial charge in [-0.25, -0.2) is 14.3 Å². The molecule has 5 aromatic rings. The van der Waals surface area contributed by atoms with E-state index in [-0.39, 0.29) is 11.9 Å². The summed E-state index contributed by atoms with van der Waals surface area (Å²) in [6.07, 6.45) is 1.58. The molecule has 0 aliphatic heterocycles. The number of anilines is 1. The SMILES string of the molecule is Cc1c(C(=O)Nc2ncn(Cc3cccc(Cl)c3)n2)c(-c2ccccc2)nn1-c1ccccc1. The van der Waals surface area contributed by atoms with Crippen LogP contribution in [-0.2, 0) is 6.54 Å². The van der Waals surface area contributed by atoms with Crippen LogP contribution in [0.15, 0.2) is 91.3 Å². The molecule has 2 heterocycles. The Bertz CT molecular complexity index is 1440. The minimum absolute atomic E-state index is 0.220. The maximum atomic E-state index is 13.4. The molecule has 0 aliphatic carbocycles. The van der Waals surface area contributed by atoms with Crippen molar-refractivity contribution >= 4 is 23.5 Å². The van der Waals surface area contributed by atoms with Crippen molar-refractivity contribution in [2.24, 2.45) is 0 Å². The standard InChI is InChI=1S/C26H21ClN6O/c1-18-23(24(20-10-4-2-5-11-20)30-33(18)22-13-6-3-7-14-22)25(34)29-26-28-17-32(31-26)16-19-9-8-12-21(27)15-19/h2-15,17H,16H2,1H3,(H,29,31,34). The number of benzene rings is 3. The number of carbonyl (C=O) groups excluding carboxylic acids is 1. The van der Waals surface area contributed by atoms with Crippen LogP contribution in [0.2, 0.25) is 5.02 Å². The van der Waals surface area contributed by atoms with Crippen LogP contribution in [0.5, 0.6) is 0 Å². The summed E-state index contributed by atoms with van der Waals surface area (Å²) in [5.74, 6) is -0.100. The number of hydrogen-bond acceptors (Lipinski definition) is 4. The van der Waals surface area contributed by atoms with Crippen LogP contribution >= 0.6 is 11.6 Å². The molecule has 0 aliphatic rings. The first-order valence-corrected chi connectivity index (χ1v) is 11.1. The quantitative estimate of drug-likeness (QED) is 0.362. The predicted octanol–water partition coefficient (Wildman–Crippen LogP) is 5.39. The smallest absolute Gasteiger partial charge is 0.262 e. The van der Waals surface area contributed by atoms with Crippen molar-refractivity contribution in [1.82, 2.24) is 24.5 Å². The second-order valence-electron chi connectivity index (χ2n) is 7.77. The molecule has 5 rings (SSSR count). The summed E-state index contributed by atoms with van der Waals surface area (Å²) in [4.78, 5) is 17.7. The number of rotatable bonds is 6. The number of amides is 1. The van der Waals surface area contributed by atoms with Gasteiger partial charge in [0.15, 0.2) is 0 Å². The highest BCUT2D eigenvalue weighted by molar-refractivity contribution is 6.30. The lowest BCUT2D eigenvalue weighted by Gasteiger charge is -2.05. The molecule has 1 N–H and O–H groups in total. The third-order valence-corrected chi connectivity index (χ3v) is 5.62. The Balaban J connectivity index is 1.46. The molecular weight excluding hydrogens is 448 g/mol. The summed E-state index contributed by atoms with van der Waals surface area (Å²) in [6.45, 7) is 2.37. The van der Waals surface area contributed by atoms with Crippen molar-refractivity contribution in [1.29, 1.82) is 0 Å². The number of halogens is 1. The van der Waals surface area contributed by atoms with Gasteiger partial charge in [0.25, 0.3) is 5.91 Å². The van der Waals surface area contributed by atoms with Gasteiger partial charge in [-0.2, -0.15) is 5.10 Å². The average Bonchev–Trinajstić information content (AvgIpc) is 3.43. The fourth-order valence-corrected chi connectivity index (χ4v) is 4.02. The molecular formula is C26H21ClN6O. The van der Waals surface area contributed by atoms with E-state index >= 15 is 0 Å². The van der Waals surface area contributed by atoms with Crippen molar-refractivity contribution < 1.29 is 4.79 Å². The Kier molecular flexibility index (Phi) is 5.93. The van der Waals surface area contributed by atoms with Gasteiger partial charge in [0.2, 0.25) is 5.95 Å². The van der Waals surface area contributed by atoms with E-state index in [4.69, 9.17) is 16.7 Å². The maximum absolute atomic E-state index is 13.4. The van der Waals surface area contributed by atoms with Crippen LogP contribution < -0.4 is 5.32 Å². The fraction of sp³-hybridized carbons (Fsp3) is 0.0769. The molecule has 2 aromatic heterocycles. The van der Waals surface area contributed by atoms with E-state index in [1.54, 1.807) is 15.7 Å². The van der Waals surface area contributed by atoms with Crippen LogP contribution in [-0.4, -0.2) is 30.5 Å². The lowest BCUT2D eigenvalue weighted by molar-refractivity contribution is 0.102. The van der Waals surface area contributed by atoms with Crippen molar-refractivity contribution in [2.75, 3.05) is 5.32 Å². The van der Waals surface area contributed by atoms with E-state index in [0.717, 1.165) is 22.5 Å². The number of nitrogens with zero attached hydrogens (tertiary/aromatic N) is 5. The first-order chi connectivity index (χ1) is 16.6. The topological polar surface area (TPSA) is 77.6 Å². The first-order valence-electron chi connectivity index (χ1n) is 10.7. The summed E-state index contributed by atoms with van der Waals surface area (Å²) in [5, 5.41) is 12.7. The van der Waals surface area contributed by atoms with Crippen LogP contribution in [0, 0.1) is 6.92 Å². The Hall–Kier alpha value is -4.23. The molecule has 8 heteroatoms. The Morgan fingerprint density at radius 2 is 1.68 bits per heavy atom. The lowest BCUT2D eigenvalue weighted by Crippen LogP contribution is -2.15. The molecule has 0 saturated heterocycles. The first kappa shape index (κ1) is 21.6. The zero-order valence-electron chi connectivity index (χ0n) is 18.4. The summed E-state index contributed by atoms with van der Waals surface area (Å²) in [6, 6.07) is 26.9. The van der Waals surface area contributed by atoms with Gasteiger partial charge < -0.3 is 0 Å². The lowest BCUT2D eigenvalue weighted by atomic mass is 10.1. The van der Waals surface area contributed by atoms with E-state index < -0.39 is 0 Å². The Labute approximate surface area is 201 Å². The fourth-order valence-electron chi connectivity index (χ4n) is 3.81. The summed E-state index contributed by atoms with van der Waals surface area (Å²) in [5.41, 5.74) is 4.51. The number of nitrogens with one attached hydrogen (secondary N) is 1. The molecule has 0 radical (unpaired) electrons. The van der Waals surface area contributed by atoms with Gasteiger partial charge >= 0.3 is 0 Å². The molecule has 0 unspecified atom stereocenters. The monoisotopic (exact) mass is 468 g/mol. The number of aromatic nitrogens is 5. The molecule has 0 fully saturated rings. The second kappa shape index (κ2) is 9.33. The van der Waals surface area contributed by atoms with Crippen molar-refractivity contribution in [3.63, 3.8) is 0 Å². The van der Waals surface area contributed by atoms with E-state index in [2.05, 4.69) is 15.4 Å². The maximum Gasteiger partial charge on any atom is 0.262 e. The molecule has 0 atom stereocenters. The van der Waals surface area contributed by atoms with Gasteiger partial charge in [0.1, 0.15) is 12.0 Å². The molecule has 0 spiro atoms. The van der Waals surface area contributed by atoms with Crippen LogP contribution in [0.3, 0.4) is 0 Å². The number of carbonyl (C=O) groups is 1. The molecule has 168 valence electrons. The summed E-state index contributed by atoms with van der Waals surface area (Å²) >= 11 is 6.07. The highest BCUT2D eigenvalue weighted by Gasteiger charge is 2.24. The van der Waals surface area contributed by atoms with Crippen LogP contribution in [0.4, 0.5) is 5.95 Å². The molecule has 7 nitrogen and oxygen atoms in total. The molecule has 3 aromatic carbocycles. The molecule has 34 heavy (non-hydrogen) atoms. The van der Waals surface area contributed by atoms with Gasteiger partial charge in [-0.15, -0.1) is 5.10 Å². The molecule has 1 amide bonds. The van der Waals surface area contributed by atoms with Crippen molar-refractivity contribution in [2.45, 2.75) is 13.5 Å². The summed E-state index contributed by atoms with van der Waals surface area (Å²) < 4.78 is 3.43. The highest BCUT2D eigenvalue weighted by Crippen LogP contribution is 2.28. The Morgan fingerprint density at radius 3 is 2.41 bits per heavy atom. The van der Waals surface area contributed by atoms with E-state index in [0.29, 0.717) is 22.8 Å². The third kappa shape index (κ3) is 4.46. The van der Waals surface area contributed by atoms with E-state index in [1.807, 2.05) is 91.9 Å². The van der Waals surface area contributed by atoms with Crippen molar-refractivity contribution in [3.05, 3.63) is 113 Å². The summed E-state index contributed by atoms with van der Waals surface area (Å²) in [7, 11) is 0. The van der Waals surface area contributed by atoms with Gasteiger partial charge in [0, 0.05) is 10.6 Å². The normalized spacial score (nSPS) is 10.9. The van der Waals surface area contributed by atoms with Crippen molar-refractivity contribution in [3.8, 4) is 16.9 Å². The number of hydrogen-bond donors (Lipinski definition) is 1. The zero-order chi connectivity index (χ0) is 23.5. The highest BCUT2D eigenvalue weighted by atomic mass is 35.5. The third-order valence-electron chi connectivity index (χ3n) is 5.39. The minimum atomic E-state index is -0.320.